The highest BCUT2D eigenvalue weighted by molar-refractivity contribution is 7.88. The lowest BCUT2D eigenvalue weighted by atomic mass is 9.92. The molecular weight excluding hydrogens is 354 g/mol. The first-order valence-electron chi connectivity index (χ1n) is 8.43. The van der Waals surface area contributed by atoms with E-state index in [1.165, 1.54) is 10.6 Å². The number of nitrogen functional groups attached to an aromatic ring is 1. The number of benzene rings is 1. The summed E-state index contributed by atoms with van der Waals surface area (Å²) >= 11 is 0. The van der Waals surface area contributed by atoms with Crippen molar-refractivity contribution in [2.24, 2.45) is 0 Å². The molecule has 1 aliphatic heterocycles. The molecule has 1 aliphatic rings. The lowest BCUT2D eigenvalue weighted by Gasteiger charge is -2.37. The van der Waals surface area contributed by atoms with Crippen LogP contribution in [0.25, 0.3) is 21.9 Å². The third kappa shape index (κ3) is 2.91. The van der Waals surface area contributed by atoms with Crippen molar-refractivity contribution >= 4 is 37.8 Å². The highest BCUT2D eigenvalue weighted by Crippen LogP contribution is 2.31. The zero-order chi connectivity index (χ0) is 18.5. The number of hydrogen-bond donors (Lipinski definition) is 2. The molecule has 4 rings (SSSR count). The highest BCUT2D eigenvalue weighted by atomic mass is 32.2. The van der Waals surface area contributed by atoms with Crippen molar-refractivity contribution in [1.29, 1.82) is 0 Å². The van der Waals surface area contributed by atoms with Gasteiger partial charge in [0.05, 0.1) is 35.8 Å². The minimum Gasteiger partial charge on any atom is -0.388 e. The fourth-order valence-electron chi connectivity index (χ4n) is 3.64. The van der Waals surface area contributed by atoms with E-state index in [4.69, 9.17) is 5.73 Å². The van der Waals surface area contributed by atoms with E-state index in [0.29, 0.717) is 43.8 Å². The Hall–Kier alpha value is -2.23. The number of pyridine rings is 1. The predicted molar refractivity (Wildman–Crippen MR) is 100 cm³/mol. The fraction of sp³-hybridized carbons (Fsp3) is 0.412. The van der Waals surface area contributed by atoms with Gasteiger partial charge in [-0.1, -0.05) is 18.2 Å². The summed E-state index contributed by atoms with van der Waals surface area (Å²) in [7, 11) is -3.23. The van der Waals surface area contributed by atoms with E-state index in [-0.39, 0.29) is 0 Å². The number of para-hydroxylation sites is 1. The molecular formula is C17H21N5O3S. The van der Waals surface area contributed by atoms with Crippen molar-refractivity contribution < 1.29 is 13.5 Å². The maximum Gasteiger partial charge on any atom is 0.211 e. The normalized spacial score (nSPS) is 18.5. The van der Waals surface area contributed by atoms with Crippen LogP contribution in [0.5, 0.6) is 0 Å². The van der Waals surface area contributed by atoms with Crippen molar-refractivity contribution in [3.8, 4) is 0 Å². The van der Waals surface area contributed by atoms with E-state index in [9.17, 15) is 13.5 Å². The predicted octanol–water partition coefficient (Wildman–Crippen LogP) is 0.953. The Balaban J connectivity index is 1.70. The van der Waals surface area contributed by atoms with Gasteiger partial charge in [-0.25, -0.2) is 22.7 Å². The minimum atomic E-state index is -3.23. The van der Waals surface area contributed by atoms with Gasteiger partial charge in [-0.15, -0.1) is 0 Å². The number of piperidine rings is 1. The Labute approximate surface area is 151 Å². The number of fused-ring (bicyclic) bond motifs is 3. The van der Waals surface area contributed by atoms with Gasteiger partial charge >= 0.3 is 0 Å². The van der Waals surface area contributed by atoms with Crippen LogP contribution in [0.3, 0.4) is 0 Å². The summed E-state index contributed by atoms with van der Waals surface area (Å²) in [5, 5.41) is 11.9. The summed E-state index contributed by atoms with van der Waals surface area (Å²) in [5.41, 5.74) is 7.28. The number of nitrogens with two attached hydrogens (primary N) is 1. The lowest BCUT2D eigenvalue weighted by molar-refractivity contribution is -0.0184. The lowest BCUT2D eigenvalue weighted by Crippen LogP contribution is -2.48. The summed E-state index contributed by atoms with van der Waals surface area (Å²) in [5.74, 6) is 0.358. The monoisotopic (exact) mass is 375 g/mol. The molecule has 3 N–H and O–H groups in total. The van der Waals surface area contributed by atoms with Crippen LogP contribution < -0.4 is 5.73 Å². The average molecular weight is 375 g/mol. The first kappa shape index (κ1) is 17.2. The Morgan fingerprint density at radius 3 is 2.65 bits per heavy atom. The van der Waals surface area contributed by atoms with Gasteiger partial charge in [-0.2, -0.15) is 0 Å². The quantitative estimate of drug-likeness (QED) is 0.704. The molecule has 0 unspecified atom stereocenters. The minimum absolute atomic E-state index is 0.312. The number of aromatic nitrogens is 3. The van der Waals surface area contributed by atoms with Crippen LogP contribution in [0, 0.1) is 0 Å². The summed E-state index contributed by atoms with van der Waals surface area (Å²) in [4.78, 5) is 8.76. The summed E-state index contributed by atoms with van der Waals surface area (Å²) < 4.78 is 26.7. The molecule has 26 heavy (non-hydrogen) atoms. The SMILES string of the molecule is CS(=O)(=O)N1CCC(O)(Cn2cnc3c(N)nc4ccccc4c32)CC1. The van der Waals surface area contributed by atoms with Gasteiger partial charge in [-0.05, 0) is 18.9 Å². The Bertz CT molecular complexity index is 1080. The molecule has 1 fully saturated rings. The van der Waals surface area contributed by atoms with Crippen LogP contribution in [-0.2, 0) is 16.6 Å². The smallest absolute Gasteiger partial charge is 0.211 e. The largest absolute Gasteiger partial charge is 0.388 e. The van der Waals surface area contributed by atoms with Gasteiger partial charge in [0, 0.05) is 18.5 Å². The van der Waals surface area contributed by atoms with Crippen LogP contribution in [0.2, 0.25) is 0 Å². The second-order valence-electron chi connectivity index (χ2n) is 6.97. The fourth-order valence-corrected chi connectivity index (χ4v) is 4.48. The molecule has 8 nitrogen and oxygen atoms in total. The van der Waals surface area contributed by atoms with E-state index in [1.54, 1.807) is 6.33 Å². The molecule has 0 amide bonds. The van der Waals surface area contributed by atoms with Gasteiger partial charge in [0.2, 0.25) is 10.0 Å². The molecule has 0 atom stereocenters. The van der Waals surface area contributed by atoms with E-state index < -0.39 is 15.6 Å². The van der Waals surface area contributed by atoms with E-state index in [0.717, 1.165) is 16.4 Å². The molecule has 9 heteroatoms. The number of nitrogens with zero attached hydrogens (tertiary/aromatic N) is 4. The third-order valence-corrected chi connectivity index (χ3v) is 6.37. The number of hydrogen-bond acceptors (Lipinski definition) is 6. The van der Waals surface area contributed by atoms with Crippen molar-refractivity contribution in [2.75, 3.05) is 25.1 Å². The molecule has 3 heterocycles. The molecule has 2 aromatic heterocycles. The topological polar surface area (TPSA) is 114 Å². The maximum atomic E-state index is 11.7. The number of imidazole rings is 1. The standard InChI is InChI=1S/C17H21N5O3S/c1-26(24,25)22-8-6-17(23,7-9-22)10-21-11-19-14-15(21)12-4-2-3-5-13(12)20-16(14)18/h2-5,11,23H,6-10H2,1H3,(H2,18,20). The van der Waals surface area contributed by atoms with E-state index >= 15 is 0 Å². The summed E-state index contributed by atoms with van der Waals surface area (Å²) in [6, 6.07) is 7.67. The van der Waals surface area contributed by atoms with Crippen LogP contribution in [0.15, 0.2) is 30.6 Å². The second kappa shape index (κ2) is 5.90. The summed E-state index contributed by atoms with van der Waals surface area (Å²) in [6.07, 6.45) is 3.61. The van der Waals surface area contributed by atoms with Crippen molar-refractivity contribution in [3.05, 3.63) is 30.6 Å². The van der Waals surface area contributed by atoms with Gasteiger partial charge in [0.15, 0.2) is 5.82 Å². The zero-order valence-corrected chi connectivity index (χ0v) is 15.3. The van der Waals surface area contributed by atoms with Crippen LogP contribution in [0.4, 0.5) is 5.82 Å². The van der Waals surface area contributed by atoms with E-state index in [1.807, 2.05) is 28.8 Å². The third-order valence-electron chi connectivity index (χ3n) is 5.07. The zero-order valence-electron chi connectivity index (χ0n) is 14.5. The molecule has 0 radical (unpaired) electrons. The van der Waals surface area contributed by atoms with Crippen molar-refractivity contribution in [1.82, 2.24) is 18.8 Å². The second-order valence-corrected chi connectivity index (χ2v) is 8.95. The van der Waals surface area contributed by atoms with Gasteiger partial charge in [0.25, 0.3) is 0 Å². The van der Waals surface area contributed by atoms with Crippen LogP contribution >= 0.6 is 0 Å². The maximum absolute atomic E-state index is 11.7. The molecule has 1 saturated heterocycles. The van der Waals surface area contributed by atoms with Gasteiger partial charge < -0.3 is 15.4 Å². The summed E-state index contributed by atoms with van der Waals surface area (Å²) in [6.45, 7) is 0.952. The molecule has 138 valence electrons. The number of rotatable bonds is 3. The molecule has 1 aromatic carbocycles. The molecule has 0 saturated carbocycles. The van der Waals surface area contributed by atoms with Gasteiger partial charge in [0.1, 0.15) is 5.52 Å². The molecule has 0 spiro atoms. The van der Waals surface area contributed by atoms with Crippen molar-refractivity contribution in [2.45, 2.75) is 25.0 Å². The Morgan fingerprint density at radius 1 is 1.27 bits per heavy atom. The molecule has 0 bridgehead atoms. The Kier molecular flexibility index (Phi) is 3.90. The molecule has 0 aliphatic carbocycles. The molecule has 3 aromatic rings. The van der Waals surface area contributed by atoms with Crippen molar-refractivity contribution in [3.63, 3.8) is 0 Å². The average Bonchev–Trinajstić information content (AvgIpc) is 2.98. The first-order valence-corrected chi connectivity index (χ1v) is 10.3. The van der Waals surface area contributed by atoms with Gasteiger partial charge in [-0.3, -0.25) is 0 Å². The number of anilines is 1. The van der Waals surface area contributed by atoms with E-state index in [2.05, 4.69) is 9.97 Å². The van der Waals surface area contributed by atoms with Crippen LogP contribution in [0.1, 0.15) is 12.8 Å². The van der Waals surface area contributed by atoms with Crippen LogP contribution in [-0.4, -0.2) is 57.3 Å². The number of aliphatic hydroxyl groups is 1. The first-order chi connectivity index (χ1) is 12.3. The Morgan fingerprint density at radius 2 is 1.96 bits per heavy atom. The number of sulfonamides is 1. The highest BCUT2D eigenvalue weighted by Gasteiger charge is 2.36.